The van der Waals surface area contributed by atoms with Crippen LogP contribution >= 0.6 is 22.9 Å². The summed E-state index contributed by atoms with van der Waals surface area (Å²) in [6, 6.07) is 3.56. The van der Waals surface area contributed by atoms with Crippen molar-refractivity contribution >= 4 is 38.7 Å². The minimum absolute atomic E-state index is 0.0160. The molecule has 0 saturated heterocycles. The number of aromatic nitrogens is 1. The predicted molar refractivity (Wildman–Crippen MR) is 71.4 cm³/mol. The first-order valence-electron chi connectivity index (χ1n) is 5.04. The van der Waals surface area contributed by atoms with Gasteiger partial charge < -0.3 is 5.11 Å². The Labute approximate surface area is 118 Å². The largest absolute Gasteiger partial charge is 0.478 e. The molecule has 2 rings (SSSR count). The number of carboxylic acid groups (broad SMARTS) is 1. The van der Waals surface area contributed by atoms with Crippen LogP contribution in [0.1, 0.15) is 15.4 Å². The summed E-state index contributed by atoms with van der Waals surface area (Å²) < 4.78 is 24.2. The smallest absolute Gasteiger partial charge is 0.337 e. The molecule has 0 radical (unpaired) electrons. The van der Waals surface area contributed by atoms with Gasteiger partial charge in [-0.3, -0.25) is 0 Å². The van der Waals surface area contributed by atoms with Crippen LogP contribution in [0.3, 0.4) is 0 Å². The van der Waals surface area contributed by atoms with Crippen LogP contribution in [0.5, 0.6) is 0 Å². The second-order valence-corrected chi connectivity index (χ2v) is 7.01. The third kappa shape index (κ3) is 3.12. The van der Waals surface area contributed by atoms with Gasteiger partial charge in [-0.15, -0.1) is 11.3 Å². The number of carboxylic acids is 1. The van der Waals surface area contributed by atoms with Crippen LogP contribution in [0.2, 0.25) is 5.02 Å². The van der Waals surface area contributed by atoms with Crippen molar-refractivity contribution in [3.63, 3.8) is 0 Å². The molecule has 0 atom stereocenters. The van der Waals surface area contributed by atoms with E-state index < -0.39 is 15.8 Å². The van der Waals surface area contributed by atoms with E-state index in [9.17, 15) is 13.2 Å². The molecule has 19 heavy (non-hydrogen) atoms. The van der Waals surface area contributed by atoms with E-state index in [1.54, 1.807) is 5.38 Å². The summed E-state index contributed by atoms with van der Waals surface area (Å²) in [6.45, 7) is 0. The van der Waals surface area contributed by atoms with Crippen LogP contribution in [0.4, 0.5) is 0 Å². The highest BCUT2D eigenvalue weighted by Gasteiger charge is 2.19. The van der Waals surface area contributed by atoms with Crippen LogP contribution in [0.25, 0.3) is 0 Å². The van der Waals surface area contributed by atoms with Gasteiger partial charge in [-0.1, -0.05) is 11.6 Å². The van der Waals surface area contributed by atoms with Gasteiger partial charge in [0.2, 0.25) is 0 Å². The predicted octanol–water partition coefficient (Wildman–Crippen LogP) is 2.47. The number of thiazole rings is 1. The number of aromatic carboxylic acids is 1. The maximum atomic E-state index is 12.1. The highest BCUT2D eigenvalue weighted by atomic mass is 35.5. The number of hydrogen-bond donors (Lipinski definition) is 1. The van der Waals surface area contributed by atoms with E-state index in [0.29, 0.717) is 5.01 Å². The quantitative estimate of drug-likeness (QED) is 0.936. The first kappa shape index (κ1) is 14.0. The molecule has 1 N–H and O–H groups in total. The lowest BCUT2D eigenvalue weighted by Crippen LogP contribution is -2.06. The van der Waals surface area contributed by atoms with Crippen molar-refractivity contribution in [2.45, 2.75) is 10.6 Å². The lowest BCUT2D eigenvalue weighted by atomic mass is 10.2. The Balaban J connectivity index is 2.36. The van der Waals surface area contributed by atoms with E-state index >= 15 is 0 Å². The number of hydrogen-bond acceptors (Lipinski definition) is 5. The molecule has 0 aliphatic rings. The molecule has 0 bridgehead atoms. The Morgan fingerprint density at radius 3 is 2.68 bits per heavy atom. The third-order valence-corrected chi connectivity index (χ3v) is 5.23. The van der Waals surface area contributed by atoms with Crippen molar-refractivity contribution in [1.82, 2.24) is 4.98 Å². The lowest BCUT2D eigenvalue weighted by molar-refractivity contribution is 0.0697. The number of rotatable bonds is 4. The summed E-state index contributed by atoms with van der Waals surface area (Å²) in [6.07, 6.45) is 1.52. The molecule has 5 nitrogen and oxygen atoms in total. The molecule has 1 aromatic heterocycles. The van der Waals surface area contributed by atoms with Gasteiger partial charge in [0, 0.05) is 11.6 Å². The van der Waals surface area contributed by atoms with Gasteiger partial charge in [-0.05, 0) is 18.2 Å². The Hall–Kier alpha value is -1.44. The van der Waals surface area contributed by atoms with Gasteiger partial charge >= 0.3 is 5.97 Å². The van der Waals surface area contributed by atoms with Gasteiger partial charge in [0.15, 0.2) is 9.84 Å². The van der Waals surface area contributed by atoms with E-state index in [0.717, 1.165) is 6.07 Å². The minimum Gasteiger partial charge on any atom is -0.478 e. The maximum absolute atomic E-state index is 12.1. The van der Waals surface area contributed by atoms with Crippen molar-refractivity contribution in [3.05, 3.63) is 45.4 Å². The molecule has 0 amide bonds. The maximum Gasteiger partial charge on any atom is 0.337 e. The summed E-state index contributed by atoms with van der Waals surface area (Å²) in [5.74, 6) is -1.43. The Bertz CT molecular complexity index is 710. The molecule has 100 valence electrons. The fraction of sp³-hybridized carbons (Fsp3) is 0.0909. The summed E-state index contributed by atoms with van der Waals surface area (Å²) >= 11 is 6.99. The fourth-order valence-electron chi connectivity index (χ4n) is 1.43. The van der Waals surface area contributed by atoms with Crippen molar-refractivity contribution in [1.29, 1.82) is 0 Å². The molecule has 1 aromatic carbocycles. The zero-order chi connectivity index (χ0) is 14.0. The van der Waals surface area contributed by atoms with E-state index in [1.807, 2.05) is 0 Å². The second kappa shape index (κ2) is 5.28. The number of halogens is 1. The average molecular weight is 318 g/mol. The number of carbonyl (C=O) groups is 1. The molecule has 8 heteroatoms. The van der Waals surface area contributed by atoms with Gasteiger partial charge in [0.05, 0.1) is 15.5 Å². The number of benzene rings is 1. The van der Waals surface area contributed by atoms with Gasteiger partial charge in [-0.25, -0.2) is 18.2 Å². The van der Waals surface area contributed by atoms with Gasteiger partial charge in [0.1, 0.15) is 10.8 Å². The molecular weight excluding hydrogens is 310 g/mol. The fourth-order valence-corrected chi connectivity index (χ4v) is 4.04. The van der Waals surface area contributed by atoms with Crippen LogP contribution in [-0.4, -0.2) is 24.5 Å². The SMILES string of the molecule is O=C(O)c1ccc(S(=O)(=O)Cc2nccs2)cc1Cl. The molecule has 0 unspecified atom stereocenters. The molecule has 1 heterocycles. The molecule has 0 saturated carbocycles. The Morgan fingerprint density at radius 1 is 1.42 bits per heavy atom. The van der Waals surface area contributed by atoms with E-state index in [2.05, 4.69) is 4.98 Å². The highest BCUT2D eigenvalue weighted by molar-refractivity contribution is 7.90. The zero-order valence-corrected chi connectivity index (χ0v) is 11.8. The highest BCUT2D eigenvalue weighted by Crippen LogP contribution is 2.24. The zero-order valence-electron chi connectivity index (χ0n) is 9.41. The Kier molecular flexibility index (Phi) is 3.88. The third-order valence-electron chi connectivity index (χ3n) is 2.33. The summed E-state index contributed by atoms with van der Waals surface area (Å²) in [5.41, 5.74) is -0.130. The summed E-state index contributed by atoms with van der Waals surface area (Å²) in [5, 5.41) is 10.9. The van der Waals surface area contributed by atoms with Crippen LogP contribution in [-0.2, 0) is 15.6 Å². The number of nitrogens with zero attached hydrogens (tertiary/aromatic N) is 1. The minimum atomic E-state index is -3.58. The molecule has 0 aliphatic heterocycles. The Morgan fingerprint density at radius 2 is 2.16 bits per heavy atom. The molecule has 0 aliphatic carbocycles. The van der Waals surface area contributed by atoms with Gasteiger partial charge in [0.25, 0.3) is 0 Å². The standard InChI is InChI=1S/C11H8ClNO4S2/c12-9-5-7(1-2-8(9)11(14)15)19(16,17)6-10-13-3-4-18-10/h1-5H,6H2,(H,14,15). The first-order valence-corrected chi connectivity index (χ1v) is 7.95. The van der Waals surface area contributed by atoms with Crippen molar-refractivity contribution in [3.8, 4) is 0 Å². The summed E-state index contributed by atoms with van der Waals surface area (Å²) in [4.78, 5) is 14.7. The van der Waals surface area contributed by atoms with E-state index in [4.69, 9.17) is 16.7 Å². The normalized spacial score (nSPS) is 11.4. The van der Waals surface area contributed by atoms with Crippen molar-refractivity contribution in [2.24, 2.45) is 0 Å². The molecular formula is C11H8ClNO4S2. The van der Waals surface area contributed by atoms with Crippen molar-refractivity contribution < 1.29 is 18.3 Å². The van der Waals surface area contributed by atoms with Crippen molar-refractivity contribution in [2.75, 3.05) is 0 Å². The first-order chi connectivity index (χ1) is 8.90. The van der Waals surface area contributed by atoms with Gasteiger partial charge in [-0.2, -0.15) is 0 Å². The van der Waals surface area contributed by atoms with Crippen LogP contribution < -0.4 is 0 Å². The second-order valence-electron chi connectivity index (χ2n) is 3.63. The monoisotopic (exact) mass is 317 g/mol. The topological polar surface area (TPSA) is 84.3 Å². The van der Waals surface area contributed by atoms with E-state index in [1.165, 1.54) is 29.7 Å². The molecule has 0 fully saturated rings. The average Bonchev–Trinajstić information content (AvgIpc) is 2.80. The molecule has 0 spiro atoms. The van der Waals surface area contributed by atoms with E-state index in [-0.39, 0.29) is 21.2 Å². The van der Waals surface area contributed by atoms with Crippen LogP contribution in [0.15, 0.2) is 34.7 Å². The molecule has 2 aromatic rings. The summed E-state index contributed by atoms with van der Waals surface area (Å²) in [7, 11) is -3.58. The lowest BCUT2D eigenvalue weighted by Gasteiger charge is -2.05. The number of sulfone groups is 1. The van der Waals surface area contributed by atoms with Crippen LogP contribution in [0, 0.1) is 0 Å².